The molecule has 2 atom stereocenters. The van der Waals surface area contributed by atoms with Crippen molar-refractivity contribution in [3.05, 3.63) is 64.2 Å². The smallest absolute Gasteiger partial charge is 0.284 e. The molecule has 2 unspecified atom stereocenters. The molecule has 3 N–H and O–H groups in total. The van der Waals surface area contributed by atoms with Crippen LogP contribution in [0.5, 0.6) is 0 Å². The molecule has 1 amide bonds. The van der Waals surface area contributed by atoms with E-state index in [1.807, 2.05) is 0 Å². The van der Waals surface area contributed by atoms with Crippen molar-refractivity contribution >= 4 is 5.91 Å². The molecular formula is C19H17F2N5O4. The second kappa shape index (κ2) is 8.13. The number of nitrogens with one attached hydrogen (secondary N) is 2. The van der Waals surface area contributed by atoms with Crippen LogP contribution in [0.15, 0.2) is 47.5 Å². The quantitative estimate of drug-likeness (QED) is 0.571. The van der Waals surface area contributed by atoms with E-state index in [9.17, 15) is 23.5 Å². The zero-order valence-corrected chi connectivity index (χ0v) is 15.5. The van der Waals surface area contributed by atoms with E-state index in [4.69, 9.17) is 4.74 Å². The average Bonchev–Trinajstić information content (AvgIpc) is 3.40. The zero-order valence-electron chi connectivity index (χ0n) is 15.5. The summed E-state index contributed by atoms with van der Waals surface area (Å²) in [5.41, 5.74) is -0.118. The Bertz CT molecular complexity index is 1100. The Morgan fingerprint density at radius 2 is 2.07 bits per heavy atom. The highest BCUT2D eigenvalue weighted by Crippen LogP contribution is 2.23. The number of hydrogen-bond donors (Lipinski definition) is 3. The Kier molecular flexibility index (Phi) is 5.38. The van der Waals surface area contributed by atoms with Crippen LogP contribution in [0.3, 0.4) is 0 Å². The number of rotatable bonds is 5. The lowest BCUT2D eigenvalue weighted by atomic mass is 10.1. The van der Waals surface area contributed by atoms with Crippen LogP contribution in [-0.2, 0) is 4.74 Å². The van der Waals surface area contributed by atoms with Crippen LogP contribution in [0.4, 0.5) is 8.78 Å². The van der Waals surface area contributed by atoms with Crippen molar-refractivity contribution in [2.75, 3.05) is 13.2 Å². The van der Waals surface area contributed by atoms with Crippen LogP contribution in [0.1, 0.15) is 22.3 Å². The Hall–Kier alpha value is -3.44. The lowest BCUT2D eigenvalue weighted by Crippen LogP contribution is -2.44. The molecule has 1 aliphatic rings. The van der Waals surface area contributed by atoms with Crippen molar-refractivity contribution in [2.45, 2.75) is 18.6 Å². The fourth-order valence-electron chi connectivity index (χ4n) is 3.06. The van der Waals surface area contributed by atoms with Gasteiger partial charge >= 0.3 is 0 Å². The molecule has 3 aromatic rings. The van der Waals surface area contributed by atoms with Gasteiger partial charge in [-0.25, -0.2) is 8.78 Å². The molecule has 0 spiro atoms. The van der Waals surface area contributed by atoms with E-state index in [-0.39, 0.29) is 30.0 Å². The van der Waals surface area contributed by atoms with Gasteiger partial charge in [0.2, 0.25) is 0 Å². The van der Waals surface area contributed by atoms with Crippen molar-refractivity contribution in [2.24, 2.45) is 0 Å². The molecular weight excluding hydrogens is 400 g/mol. The summed E-state index contributed by atoms with van der Waals surface area (Å²) in [6.07, 6.45) is -0.718. The maximum Gasteiger partial charge on any atom is 0.284 e. The maximum absolute atomic E-state index is 12.9. The molecule has 4 rings (SSSR count). The molecule has 0 bridgehead atoms. The maximum atomic E-state index is 12.9. The molecule has 0 saturated carbocycles. The second-order valence-corrected chi connectivity index (χ2v) is 6.72. The highest BCUT2D eigenvalue weighted by Gasteiger charge is 2.29. The first-order valence-corrected chi connectivity index (χ1v) is 9.02. The van der Waals surface area contributed by atoms with Gasteiger partial charge in [0.25, 0.3) is 17.9 Å². The van der Waals surface area contributed by atoms with Crippen LogP contribution < -0.4 is 10.9 Å². The SMILES string of the molecule is O=C(NC1COCC1O)c1cc(-c2ccc(C(F)F)cc2)nn(-c2cn[nH]c2)c1=O. The van der Waals surface area contributed by atoms with E-state index >= 15 is 0 Å². The first-order valence-electron chi connectivity index (χ1n) is 9.02. The minimum absolute atomic E-state index is 0.0856. The lowest BCUT2D eigenvalue weighted by molar-refractivity contribution is 0.0884. The van der Waals surface area contributed by atoms with Gasteiger partial charge in [-0.1, -0.05) is 24.3 Å². The predicted octanol–water partition coefficient (Wildman–Crippen LogP) is 1.05. The fourth-order valence-corrected chi connectivity index (χ4v) is 3.06. The Morgan fingerprint density at radius 1 is 1.30 bits per heavy atom. The fraction of sp³-hybridized carbons (Fsp3) is 0.263. The number of carbonyl (C=O) groups is 1. The molecule has 2 aromatic heterocycles. The summed E-state index contributed by atoms with van der Waals surface area (Å²) in [5.74, 6) is -0.709. The summed E-state index contributed by atoms with van der Waals surface area (Å²) in [6.45, 7) is 0.206. The van der Waals surface area contributed by atoms with Crippen molar-refractivity contribution in [3.8, 4) is 16.9 Å². The highest BCUT2D eigenvalue weighted by atomic mass is 19.3. The number of carbonyl (C=O) groups excluding carboxylic acids is 1. The molecule has 3 heterocycles. The van der Waals surface area contributed by atoms with Crippen LogP contribution >= 0.6 is 0 Å². The number of alkyl halides is 2. The summed E-state index contributed by atoms with van der Waals surface area (Å²) in [7, 11) is 0. The first kappa shape index (κ1) is 19.9. The zero-order chi connectivity index (χ0) is 21.3. The minimum atomic E-state index is -2.62. The molecule has 0 aliphatic carbocycles. The first-order chi connectivity index (χ1) is 14.4. The summed E-state index contributed by atoms with van der Waals surface area (Å²) < 4.78 is 31.8. The number of H-pyrrole nitrogens is 1. The number of aliphatic hydroxyl groups is 1. The highest BCUT2D eigenvalue weighted by molar-refractivity contribution is 5.95. The third-order valence-corrected chi connectivity index (χ3v) is 4.71. The molecule has 1 fully saturated rings. The lowest BCUT2D eigenvalue weighted by Gasteiger charge is -2.15. The molecule has 1 aliphatic heterocycles. The van der Waals surface area contributed by atoms with Crippen molar-refractivity contribution in [1.29, 1.82) is 0 Å². The summed E-state index contributed by atoms with van der Waals surface area (Å²) in [6, 6.07) is 6.01. The van der Waals surface area contributed by atoms with E-state index in [0.29, 0.717) is 11.3 Å². The van der Waals surface area contributed by atoms with Crippen molar-refractivity contribution in [1.82, 2.24) is 25.3 Å². The van der Waals surface area contributed by atoms with Gasteiger partial charge in [0, 0.05) is 17.3 Å². The predicted molar refractivity (Wildman–Crippen MR) is 100 cm³/mol. The number of amides is 1. The largest absolute Gasteiger partial charge is 0.388 e. The number of hydrogen-bond acceptors (Lipinski definition) is 6. The average molecular weight is 417 g/mol. The minimum Gasteiger partial charge on any atom is -0.388 e. The van der Waals surface area contributed by atoms with Gasteiger partial charge in [-0.2, -0.15) is 14.9 Å². The number of aromatic amines is 1. The third kappa shape index (κ3) is 3.84. The van der Waals surface area contributed by atoms with Gasteiger partial charge in [-0.05, 0) is 6.07 Å². The van der Waals surface area contributed by atoms with Gasteiger partial charge < -0.3 is 15.2 Å². The normalized spacial score (nSPS) is 18.7. The number of ether oxygens (including phenoxy) is 1. The van der Waals surface area contributed by atoms with E-state index in [1.165, 1.54) is 42.7 Å². The molecule has 1 aromatic carbocycles. The van der Waals surface area contributed by atoms with Gasteiger partial charge in [0.05, 0.1) is 37.3 Å². The summed E-state index contributed by atoms with van der Waals surface area (Å²) in [5, 5.41) is 23.0. The monoisotopic (exact) mass is 417 g/mol. The van der Waals surface area contributed by atoms with Crippen LogP contribution in [0.25, 0.3) is 16.9 Å². The topological polar surface area (TPSA) is 122 Å². The molecule has 156 valence electrons. The van der Waals surface area contributed by atoms with E-state index < -0.39 is 30.0 Å². The van der Waals surface area contributed by atoms with Gasteiger partial charge in [-0.3, -0.25) is 14.7 Å². The number of halogens is 2. The van der Waals surface area contributed by atoms with Gasteiger partial charge in [-0.15, -0.1) is 0 Å². The Balaban J connectivity index is 1.77. The molecule has 0 radical (unpaired) electrons. The van der Waals surface area contributed by atoms with Gasteiger partial charge in [0.15, 0.2) is 0 Å². The van der Waals surface area contributed by atoms with Crippen molar-refractivity contribution < 1.29 is 23.4 Å². The number of aliphatic hydroxyl groups excluding tert-OH is 1. The molecule has 9 nitrogen and oxygen atoms in total. The van der Waals surface area contributed by atoms with Crippen LogP contribution in [-0.4, -0.2) is 56.4 Å². The molecule has 11 heteroatoms. The number of benzene rings is 1. The Labute approximate surface area is 168 Å². The van der Waals surface area contributed by atoms with E-state index in [0.717, 1.165) is 4.68 Å². The Morgan fingerprint density at radius 3 is 2.67 bits per heavy atom. The molecule has 1 saturated heterocycles. The third-order valence-electron chi connectivity index (χ3n) is 4.71. The van der Waals surface area contributed by atoms with Crippen LogP contribution in [0.2, 0.25) is 0 Å². The van der Waals surface area contributed by atoms with E-state index in [1.54, 1.807) is 0 Å². The molecule has 30 heavy (non-hydrogen) atoms. The summed E-state index contributed by atoms with van der Waals surface area (Å²) >= 11 is 0. The second-order valence-electron chi connectivity index (χ2n) is 6.72. The standard InChI is InChI=1S/C19H17F2N5O4/c20-17(21)11-3-1-10(2-4-11)14-5-13(18(28)24-15-8-30-9-16(15)27)19(29)26(25-14)12-6-22-23-7-12/h1-7,15-17,27H,8-9H2,(H,22,23)(H,24,28). The van der Waals surface area contributed by atoms with Crippen molar-refractivity contribution in [3.63, 3.8) is 0 Å². The number of nitrogens with zero attached hydrogens (tertiary/aromatic N) is 3. The number of aromatic nitrogens is 4. The van der Waals surface area contributed by atoms with Crippen LogP contribution in [0, 0.1) is 0 Å². The van der Waals surface area contributed by atoms with Gasteiger partial charge in [0.1, 0.15) is 11.3 Å². The van der Waals surface area contributed by atoms with E-state index in [2.05, 4.69) is 20.6 Å². The summed E-state index contributed by atoms with van der Waals surface area (Å²) in [4.78, 5) is 25.7.